The average molecular weight is 430 g/mol. The van der Waals surface area contributed by atoms with E-state index in [4.69, 9.17) is 25.8 Å². The highest BCUT2D eigenvalue weighted by molar-refractivity contribution is 6.30. The molecule has 0 spiro atoms. The van der Waals surface area contributed by atoms with E-state index in [0.717, 1.165) is 5.56 Å². The van der Waals surface area contributed by atoms with Crippen molar-refractivity contribution in [3.63, 3.8) is 0 Å². The Morgan fingerprint density at radius 1 is 1.07 bits per heavy atom. The summed E-state index contributed by atoms with van der Waals surface area (Å²) in [4.78, 5) is 12.4. The van der Waals surface area contributed by atoms with E-state index in [1.54, 1.807) is 29.2 Å². The molecule has 0 aliphatic rings. The second-order valence-electron chi connectivity index (χ2n) is 6.37. The van der Waals surface area contributed by atoms with Gasteiger partial charge in [-0.15, -0.1) is 0 Å². The van der Waals surface area contributed by atoms with Crippen LogP contribution in [0.1, 0.15) is 19.4 Å². The van der Waals surface area contributed by atoms with Gasteiger partial charge in [-0.2, -0.15) is 5.10 Å². The lowest BCUT2D eigenvalue weighted by Crippen LogP contribution is -2.14. The summed E-state index contributed by atoms with van der Waals surface area (Å²) in [7, 11) is 0. The molecule has 0 atom stereocenters. The first kappa shape index (κ1) is 21.5. The molecule has 3 aromatic rings. The van der Waals surface area contributed by atoms with E-state index in [0.29, 0.717) is 41.2 Å². The molecule has 158 valence electrons. The van der Waals surface area contributed by atoms with Crippen LogP contribution >= 0.6 is 11.6 Å². The first-order valence-electron chi connectivity index (χ1n) is 9.66. The molecule has 8 heteroatoms. The minimum atomic E-state index is -0.156. The maximum absolute atomic E-state index is 12.4. The maximum Gasteiger partial charge on any atom is 0.228 e. The first-order chi connectivity index (χ1) is 14.6. The predicted molar refractivity (Wildman–Crippen MR) is 115 cm³/mol. The Kier molecular flexibility index (Phi) is 7.57. The molecule has 0 unspecified atom stereocenters. The van der Waals surface area contributed by atoms with E-state index < -0.39 is 0 Å². The quantitative estimate of drug-likeness (QED) is 0.511. The van der Waals surface area contributed by atoms with Gasteiger partial charge in [-0.1, -0.05) is 23.7 Å². The Bertz CT molecular complexity index is 990. The van der Waals surface area contributed by atoms with Gasteiger partial charge in [0.15, 0.2) is 18.2 Å². The lowest BCUT2D eigenvalue weighted by Gasteiger charge is -2.12. The number of carbonyl (C=O) groups is 1. The van der Waals surface area contributed by atoms with E-state index in [1.807, 2.05) is 44.2 Å². The van der Waals surface area contributed by atoms with Crippen molar-refractivity contribution in [1.29, 1.82) is 0 Å². The minimum Gasteiger partial charge on any atom is -0.490 e. The molecule has 30 heavy (non-hydrogen) atoms. The van der Waals surface area contributed by atoms with Crippen LogP contribution in [0.25, 0.3) is 0 Å². The van der Waals surface area contributed by atoms with Gasteiger partial charge in [-0.25, -0.2) is 4.68 Å². The third kappa shape index (κ3) is 6.15. The fourth-order valence-electron chi connectivity index (χ4n) is 2.79. The van der Waals surface area contributed by atoms with Crippen LogP contribution in [0.3, 0.4) is 0 Å². The normalized spacial score (nSPS) is 10.5. The van der Waals surface area contributed by atoms with E-state index in [-0.39, 0.29) is 19.1 Å². The first-order valence-corrected chi connectivity index (χ1v) is 10.0. The van der Waals surface area contributed by atoms with E-state index >= 15 is 0 Å². The second kappa shape index (κ2) is 10.5. The van der Waals surface area contributed by atoms with Gasteiger partial charge < -0.3 is 19.5 Å². The molecule has 0 bridgehead atoms. The number of amides is 1. The zero-order valence-electron chi connectivity index (χ0n) is 16.9. The van der Waals surface area contributed by atoms with Crippen LogP contribution in [0.4, 0.5) is 5.69 Å². The number of halogens is 1. The van der Waals surface area contributed by atoms with Crippen molar-refractivity contribution >= 4 is 23.2 Å². The molecule has 0 fully saturated rings. The molecular formula is C22H24ClN3O4. The number of hydrogen-bond donors (Lipinski definition) is 1. The van der Waals surface area contributed by atoms with Crippen LogP contribution in [-0.4, -0.2) is 28.9 Å². The fourth-order valence-corrected chi connectivity index (χ4v) is 2.97. The van der Waals surface area contributed by atoms with Crippen molar-refractivity contribution in [2.45, 2.75) is 27.0 Å². The number of carbonyl (C=O) groups excluding carboxylic acids is 1. The third-order valence-electron chi connectivity index (χ3n) is 4.05. The summed E-state index contributed by atoms with van der Waals surface area (Å²) in [6.07, 6.45) is 3.48. The number of benzene rings is 2. The van der Waals surface area contributed by atoms with Crippen molar-refractivity contribution in [3.8, 4) is 17.2 Å². The highest BCUT2D eigenvalue weighted by atomic mass is 35.5. The standard InChI is InChI=1S/C22H24ClN3O4/c1-3-28-20-9-8-16(10-21(20)29-4-2)11-22(27)25-18-13-24-26(14-18)15-30-19-7-5-6-17(23)12-19/h5-10,12-14H,3-4,11,15H2,1-2H3,(H,25,27). The van der Waals surface area contributed by atoms with Crippen molar-refractivity contribution in [2.75, 3.05) is 18.5 Å². The molecule has 1 aromatic heterocycles. The Labute approximate surface area is 180 Å². The number of hydrogen-bond acceptors (Lipinski definition) is 5. The van der Waals surface area contributed by atoms with Gasteiger partial charge in [-0.3, -0.25) is 4.79 Å². The summed E-state index contributed by atoms with van der Waals surface area (Å²) < 4.78 is 18.4. The summed E-state index contributed by atoms with van der Waals surface area (Å²) in [5, 5.41) is 7.63. The van der Waals surface area contributed by atoms with Gasteiger partial charge in [0.2, 0.25) is 5.91 Å². The molecule has 0 radical (unpaired) electrons. The summed E-state index contributed by atoms with van der Waals surface area (Å²) in [6.45, 7) is 5.09. The van der Waals surface area contributed by atoms with Crippen molar-refractivity contribution in [2.24, 2.45) is 0 Å². The summed E-state index contributed by atoms with van der Waals surface area (Å²) in [5.41, 5.74) is 1.42. The van der Waals surface area contributed by atoms with Crippen LogP contribution in [0.5, 0.6) is 17.2 Å². The second-order valence-corrected chi connectivity index (χ2v) is 6.81. The molecule has 1 N–H and O–H groups in total. The van der Waals surface area contributed by atoms with Gasteiger partial charge in [0.1, 0.15) is 5.75 Å². The number of anilines is 1. The molecule has 1 amide bonds. The molecule has 0 saturated carbocycles. The van der Waals surface area contributed by atoms with Gasteiger partial charge >= 0.3 is 0 Å². The zero-order chi connectivity index (χ0) is 21.3. The van der Waals surface area contributed by atoms with Crippen LogP contribution < -0.4 is 19.5 Å². The highest BCUT2D eigenvalue weighted by Gasteiger charge is 2.10. The molecule has 2 aromatic carbocycles. The van der Waals surface area contributed by atoms with E-state index in [2.05, 4.69) is 10.4 Å². The SMILES string of the molecule is CCOc1ccc(CC(=O)Nc2cnn(COc3cccc(Cl)c3)c2)cc1OCC. The number of nitrogens with one attached hydrogen (secondary N) is 1. The molecule has 7 nitrogen and oxygen atoms in total. The maximum atomic E-state index is 12.4. The number of rotatable bonds is 10. The molecule has 0 aliphatic heterocycles. The topological polar surface area (TPSA) is 74.6 Å². The Balaban J connectivity index is 1.55. The Morgan fingerprint density at radius 3 is 2.63 bits per heavy atom. The zero-order valence-corrected chi connectivity index (χ0v) is 17.7. The van der Waals surface area contributed by atoms with Gasteiger partial charge in [0, 0.05) is 5.02 Å². The largest absolute Gasteiger partial charge is 0.490 e. The van der Waals surface area contributed by atoms with Crippen molar-refractivity contribution in [3.05, 3.63) is 65.4 Å². The van der Waals surface area contributed by atoms with Crippen LogP contribution in [0.2, 0.25) is 5.02 Å². The summed E-state index contributed by atoms with van der Waals surface area (Å²) in [5.74, 6) is 1.79. The third-order valence-corrected chi connectivity index (χ3v) is 4.28. The van der Waals surface area contributed by atoms with Crippen molar-refractivity contribution < 1.29 is 19.0 Å². The number of aromatic nitrogens is 2. The molecule has 1 heterocycles. The predicted octanol–water partition coefficient (Wildman–Crippen LogP) is 4.55. The average Bonchev–Trinajstić information content (AvgIpc) is 3.16. The van der Waals surface area contributed by atoms with Crippen LogP contribution in [0.15, 0.2) is 54.9 Å². The van der Waals surface area contributed by atoms with E-state index in [1.165, 1.54) is 0 Å². The lowest BCUT2D eigenvalue weighted by molar-refractivity contribution is -0.115. The Hall–Kier alpha value is -3.19. The monoisotopic (exact) mass is 429 g/mol. The minimum absolute atomic E-state index is 0.156. The molecule has 0 saturated heterocycles. The summed E-state index contributed by atoms with van der Waals surface area (Å²) >= 11 is 5.94. The smallest absolute Gasteiger partial charge is 0.228 e. The number of nitrogens with zero attached hydrogens (tertiary/aromatic N) is 2. The summed E-state index contributed by atoms with van der Waals surface area (Å²) in [6, 6.07) is 12.6. The lowest BCUT2D eigenvalue weighted by atomic mass is 10.1. The molecule has 3 rings (SSSR count). The number of ether oxygens (including phenoxy) is 3. The van der Waals surface area contributed by atoms with Gasteiger partial charge in [0.25, 0.3) is 0 Å². The Morgan fingerprint density at radius 2 is 1.87 bits per heavy atom. The highest BCUT2D eigenvalue weighted by Crippen LogP contribution is 2.28. The van der Waals surface area contributed by atoms with Crippen LogP contribution in [-0.2, 0) is 17.9 Å². The van der Waals surface area contributed by atoms with Gasteiger partial charge in [-0.05, 0) is 49.7 Å². The fraction of sp³-hybridized carbons (Fsp3) is 0.273. The van der Waals surface area contributed by atoms with Gasteiger partial charge in [0.05, 0.1) is 37.7 Å². The van der Waals surface area contributed by atoms with Crippen LogP contribution in [0, 0.1) is 0 Å². The molecular weight excluding hydrogens is 406 g/mol. The molecule has 0 aliphatic carbocycles. The van der Waals surface area contributed by atoms with Crippen molar-refractivity contribution in [1.82, 2.24) is 9.78 Å². The van der Waals surface area contributed by atoms with E-state index in [9.17, 15) is 4.79 Å².